The molecule has 0 aromatic carbocycles. The third-order valence-corrected chi connectivity index (χ3v) is 4.39. The highest BCUT2D eigenvalue weighted by Crippen LogP contribution is 2.43. The number of rotatable bonds is 2. The molecule has 0 spiro atoms. The van der Waals surface area contributed by atoms with Crippen molar-refractivity contribution in [3.05, 3.63) is 12.2 Å². The van der Waals surface area contributed by atoms with Crippen molar-refractivity contribution in [3.63, 3.8) is 0 Å². The van der Waals surface area contributed by atoms with Gasteiger partial charge in [-0.1, -0.05) is 12.2 Å². The molecule has 3 rings (SSSR count). The Hall–Kier alpha value is -0.340. The first-order valence-electron chi connectivity index (χ1n) is 6.40. The third-order valence-electron chi connectivity index (χ3n) is 4.39. The molecule has 0 aromatic heterocycles. The van der Waals surface area contributed by atoms with Crippen LogP contribution in [0.15, 0.2) is 12.2 Å². The number of nitrogens with zero attached hydrogens (tertiary/aromatic N) is 1. The zero-order valence-electron chi connectivity index (χ0n) is 9.31. The van der Waals surface area contributed by atoms with E-state index in [1.54, 1.807) is 0 Å². The Bertz CT molecular complexity index is 263. The molecule has 1 heterocycles. The molecule has 1 N–H and O–H groups in total. The highest BCUT2D eigenvalue weighted by atomic mass is 16.3. The van der Waals surface area contributed by atoms with Crippen LogP contribution in [-0.2, 0) is 0 Å². The van der Waals surface area contributed by atoms with Crippen LogP contribution in [-0.4, -0.2) is 35.7 Å². The van der Waals surface area contributed by atoms with Gasteiger partial charge < -0.3 is 10.0 Å². The summed E-state index contributed by atoms with van der Waals surface area (Å²) in [7, 11) is 0. The maximum absolute atomic E-state index is 9.63. The molecule has 84 valence electrons. The van der Waals surface area contributed by atoms with Crippen LogP contribution in [0, 0.1) is 17.8 Å². The van der Waals surface area contributed by atoms with E-state index >= 15 is 0 Å². The monoisotopic (exact) mass is 207 g/mol. The fraction of sp³-hybridized carbons (Fsp3) is 0.846. The first-order chi connectivity index (χ1) is 7.31. The van der Waals surface area contributed by atoms with Crippen molar-refractivity contribution in [2.75, 3.05) is 19.6 Å². The van der Waals surface area contributed by atoms with Crippen LogP contribution in [0.1, 0.15) is 25.7 Å². The van der Waals surface area contributed by atoms with Crippen molar-refractivity contribution in [2.24, 2.45) is 17.8 Å². The molecule has 0 amide bonds. The lowest BCUT2D eigenvalue weighted by molar-refractivity contribution is 0.0596. The van der Waals surface area contributed by atoms with Crippen molar-refractivity contribution in [1.29, 1.82) is 0 Å². The summed E-state index contributed by atoms with van der Waals surface area (Å²) in [5.74, 6) is 2.62. The average Bonchev–Trinajstić information content (AvgIpc) is 2.79. The largest absolute Gasteiger partial charge is 0.392 e. The number of aliphatic hydroxyl groups is 1. The summed E-state index contributed by atoms with van der Waals surface area (Å²) in [5, 5.41) is 9.63. The Morgan fingerprint density at radius 3 is 2.87 bits per heavy atom. The molecular formula is C13H21NO. The maximum Gasteiger partial charge on any atom is 0.0667 e. The number of aliphatic hydroxyl groups excluding tert-OH is 1. The van der Waals surface area contributed by atoms with Crippen molar-refractivity contribution >= 4 is 0 Å². The topological polar surface area (TPSA) is 23.5 Å². The van der Waals surface area contributed by atoms with Gasteiger partial charge in [-0.2, -0.15) is 0 Å². The van der Waals surface area contributed by atoms with Gasteiger partial charge in [-0.3, -0.25) is 0 Å². The quantitative estimate of drug-likeness (QED) is 0.696. The summed E-state index contributed by atoms with van der Waals surface area (Å²) >= 11 is 0. The van der Waals surface area contributed by atoms with Crippen LogP contribution < -0.4 is 0 Å². The Labute approximate surface area is 92.0 Å². The third kappa shape index (κ3) is 1.98. The second kappa shape index (κ2) is 3.91. The van der Waals surface area contributed by atoms with Crippen LogP contribution in [0.4, 0.5) is 0 Å². The first kappa shape index (κ1) is 9.86. The van der Waals surface area contributed by atoms with E-state index in [9.17, 15) is 5.11 Å². The number of piperidine rings is 1. The Morgan fingerprint density at radius 2 is 2.20 bits per heavy atom. The van der Waals surface area contributed by atoms with Crippen molar-refractivity contribution in [3.8, 4) is 0 Å². The van der Waals surface area contributed by atoms with E-state index in [2.05, 4.69) is 17.1 Å². The second-order valence-electron chi connectivity index (χ2n) is 5.60. The minimum Gasteiger partial charge on any atom is -0.392 e. The Kier molecular flexibility index (Phi) is 2.57. The van der Waals surface area contributed by atoms with E-state index in [0.717, 1.165) is 30.7 Å². The van der Waals surface area contributed by atoms with E-state index in [1.165, 1.54) is 32.4 Å². The molecule has 1 saturated heterocycles. The lowest BCUT2D eigenvalue weighted by atomic mass is 9.92. The minimum atomic E-state index is -0.0621. The highest BCUT2D eigenvalue weighted by molar-refractivity contribution is 5.10. The highest BCUT2D eigenvalue weighted by Gasteiger charge is 2.36. The van der Waals surface area contributed by atoms with Gasteiger partial charge in [0.2, 0.25) is 0 Å². The number of allylic oxidation sites excluding steroid dienone is 2. The summed E-state index contributed by atoms with van der Waals surface area (Å²) in [5.41, 5.74) is 0. The molecule has 4 atom stereocenters. The molecule has 2 fully saturated rings. The molecule has 3 aliphatic rings. The van der Waals surface area contributed by atoms with Crippen LogP contribution in [0.3, 0.4) is 0 Å². The van der Waals surface area contributed by atoms with Crippen molar-refractivity contribution in [2.45, 2.75) is 31.8 Å². The second-order valence-corrected chi connectivity index (χ2v) is 5.60. The lowest BCUT2D eigenvalue weighted by Gasteiger charge is -2.33. The van der Waals surface area contributed by atoms with Crippen molar-refractivity contribution < 1.29 is 5.11 Å². The fourth-order valence-electron chi connectivity index (χ4n) is 3.63. The molecule has 0 aromatic rings. The zero-order chi connectivity index (χ0) is 10.3. The molecule has 2 bridgehead atoms. The Balaban J connectivity index is 1.55. The normalized spacial score (nSPS) is 45.1. The summed E-state index contributed by atoms with van der Waals surface area (Å²) in [6, 6.07) is 0. The van der Waals surface area contributed by atoms with E-state index in [0.29, 0.717) is 0 Å². The molecule has 1 aliphatic heterocycles. The smallest absolute Gasteiger partial charge is 0.0667 e. The zero-order valence-corrected chi connectivity index (χ0v) is 9.31. The van der Waals surface area contributed by atoms with Crippen LogP contribution in [0.25, 0.3) is 0 Å². The number of β-amino-alcohol motifs (C(OH)–C–C–N with tert-alkyl or cyclic N) is 1. The van der Waals surface area contributed by atoms with Gasteiger partial charge in [0, 0.05) is 13.1 Å². The van der Waals surface area contributed by atoms with Crippen LogP contribution in [0.2, 0.25) is 0 Å². The van der Waals surface area contributed by atoms with Gasteiger partial charge in [0.15, 0.2) is 0 Å². The molecule has 0 radical (unpaired) electrons. The van der Waals surface area contributed by atoms with E-state index in [1.807, 2.05) is 0 Å². The van der Waals surface area contributed by atoms with Crippen LogP contribution >= 0.6 is 0 Å². The van der Waals surface area contributed by atoms with Gasteiger partial charge in [0.25, 0.3) is 0 Å². The number of hydrogen-bond acceptors (Lipinski definition) is 2. The molecular weight excluding hydrogens is 186 g/mol. The van der Waals surface area contributed by atoms with Gasteiger partial charge >= 0.3 is 0 Å². The SMILES string of the molecule is OC1CCCN(CC2CC3C=CC2C3)C1. The standard InChI is InChI=1S/C13H21NO/c15-13-2-1-5-14(9-13)8-12-7-10-3-4-11(12)6-10/h3-4,10-13,15H,1-2,5-9H2. The molecule has 2 nitrogen and oxygen atoms in total. The molecule has 1 saturated carbocycles. The van der Waals surface area contributed by atoms with Crippen molar-refractivity contribution in [1.82, 2.24) is 4.90 Å². The predicted octanol–water partition coefficient (Wildman–Crippen LogP) is 1.66. The summed E-state index contributed by atoms with van der Waals surface area (Å²) in [6.07, 6.45) is 9.76. The molecule has 2 heteroatoms. The van der Waals surface area contributed by atoms with E-state index in [-0.39, 0.29) is 6.10 Å². The molecule has 2 aliphatic carbocycles. The Morgan fingerprint density at radius 1 is 1.27 bits per heavy atom. The van der Waals surface area contributed by atoms with E-state index < -0.39 is 0 Å². The summed E-state index contributed by atoms with van der Waals surface area (Å²) in [4.78, 5) is 2.48. The number of likely N-dealkylation sites (tertiary alicyclic amines) is 1. The number of hydrogen-bond donors (Lipinski definition) is 1. The fourth-order valence-corrected chi connectivity index (χ4v) is 3.63. The summed E-state index contributed by atoms with van der Waals surface area (Å²) < 4.78 is 0. The molecule has 4 unspecified atom stereocenters. The lowest BCUT2D eigenvalue weighted by Crippen LogP contribution is -2.41. The van der Waals surface area contributed by atoms with Gasteiger partial charge in [-0.25, -0.2) is 0 Å². The van der Waals surface area contributed by atoms with Gasteiger partial charge in [-0.15, -0.1) is 0 Å². The van der Waals surface area contributed by atoms with Crippen LogP contribution in [0.5, 0.6) is 0 Å². The average molecular weight is 207 g/mol. The molecule has 15 heavy (non-hydrogen) atoms. The summed E-state index contributed by atoms with van der Waals surface area (Å²) in [6.45, 7) is 3.34. The van der Waals surface area contributed by atoms with Gasteiger partial charge in [-0.05, 0) is 50.0 Å². The minimum absolute atomic E-state index is 0.0621. The van der Waals surface area contributed by atoms with Gasteiger partial charge in [0.1, 0.15) is 0 Å². The van der Waals surface area contributed by atoms with Gasteiger partial charge in [0.05, 0.1) is 6.10 Å². The first-order valence-corrected chi connectivity index (χ1v) is 6.40. The number of fused-ring (bicyclic) bond motifs is 2. The maximum atomic E-state index is 9.63. The predicted molar refractivity (Wildman–Crippen MR) is 60.5 cm³/mol. The van der Waals surface area contributed by atoms with E-state index in [4.69, 9.17) is 0 Å².